The molecule has 0 heterocycles. The molecule has 0 spiro atoms. The lowest BCUT2D eigenvalue weighted by molar-refractivity contribution is -0.191. The Kier molecular flexibility index (Phi) is 4.27. The minimum atomic E-state index is -4.45. The summed E-state index contributed by atoms with van der Waals surface area (Å²) in [6.07, 6.45) is -6.41. The molecule has 1 aromatic rings. The van der Waals surface area contributed by atoms with Gasteiger partial charge in [0.25, 0.3) is 0 Å². The van der Waals surface area contributed by atoms with Gasteiger partial charge in [-0.25, -0.2) is 0 Å². The van der Waals surface area contributed by atoms with Gasteiger partial charge in [-0.3, -0.25) is 0 Å². The molecule has 0 aromatic heterocycles. The number of ether oxygens (including phenoxy) is 1. The lowest BCUT2D eigenvalue weighted by atomic mass is 9.87. The quantitative estimate of drug-likeness (QED) is 0.906. The highest BCUT2D eigenvalue weighted by Gasteiger charge is 2.40. The third-order valence-electron chi connectivity index (χ3n) is 2.58. The van der Waals surface area contributed by atoms with E-state index in [-0.39, 0.29) is 11.2 Å². The minimum Gasteiger partial charge on any atom is -0.480 e. The first-order valence-corrected chi connectivity index (χ1v) is 5.68. The molecular formula is C13H18F3NO. The molecular weight excluding hydrogens is 243 g/mol. The Morgan fingerprint density at radius 1 is 1.11 bits per heavy atom. The molecule has 1 unspecified atom stereocenters. The van der Waals surface area contributed by atoms with Gasteiger partial charge in [0.15, 0.2) is 0 Å². The summed E-state index contributed by atoms with van der Waals surface area (Å²) in [5.74, 6) is 0.177. The van der Waals surface area contributed by atoms with E-state index in [0.717, 1.165) is 5.56 Å². The molecule has 1 rings (SSSR count). The van der Waals surface area contributed by atoms with E-state index in [1.807, 2.05) is 20.8 Å². The monoisotopic (exact) mass is 261 g/mol. The predicted octanol–water partition coefficient (Wildman–Crippen LogP) is 3.25. The van der Waals surface area contributed by atoms with Gasteiger partial charge < -0.3 is 10.5 Å². The summed E-state index contributed by atoms with van der Waals surface area (Å²) in [4.78, 5) is 0. The second-order valence-electron chi connectivity index (χ2n) is 5.16. The Morgan fingerprint density at radius 2 is 1.61 bits per heavy atom. The van der Waals surface area contributed by atoms with Crippen LogP contribution in [0.2, 0.25) is 0 Å². The molecule has 0 aliphatic rings. The summed E-state index contributed by atoms with van der Waals surface area (Å²) in [6.45, 7) is 5.49. The van der Waals surface area contributed by atoms with Crippen molar-refractivity contribution >= 4 is 0 Å². The maximum atomic E-state index is 12.5. The van der Waals surface area contributed by atoms with Crippen molar-refractivity contribution in [1.29, 1.82) is 0 Å². The van der Waals surface area contributed by atoms with Crippen molar-refractivity contribution < 1.29 is 17.9 Å². The van der Waals surface area contributed by atoms with Crippen LogP contribution in [0.4, 0.5) is 13.2 Å². The number of alkyl halides is 3. The summed E-state index contributed by atoms with van der Waals surface area (Å²) in [5.41, 5.74) is 6.05. The zero-order valence-corrected chi connectivity index (χ0v) is 10.7. The van der Waals surface area contributed by atoms with Gasteiger partial charge in [-0.2, -0.15) is 13.2 Å². The average Bonchev–Trinajstić information content (AvgIpc) is 2.23. The number of nitrogens with two attached hydrogens (primary N) is 1. The van der Waals surface area contributed by atoms with Crippen LogP contribution in [-0.2, 0) is 5.41 Å². The second kappa shape index (κ2) is 5.18. The molecule has 0 bridgehead atoms. The van der Waals surface area contributed by atoms with E-state index < -0.39 is 18.8 Å². The zero-order valence-electron chi connectivity index (χ0n) is 10.7. The van der Waals surface area contributed by atoms with Gasteiger partial charge in [-0.1, -0.05) is 32.9 Å². The van der Waals surface area contributed by atoms with Crippen molar-refractivity contribution in [2.75, 3.05) is 6.54 Å². The van der Waals surface area contributed by atoms with Crippen LogP contribution in [0.15, 0.2) is 24.3 Å². The van der Waals surface area contributed by atoms with Crippen molar-refractivity contribution in [2.45, 2.75) is 38.5 Å². The molecule has 1 aromatic carbocycles. The molecule has 0 saturated carbocycles. The summed E-state index contributed by atoms with van der Waals surface area (Å²) in [6, 6.07) is 6.60. The number of hydrogen-bond donors (Lipinski definition) is 1. The SMILES string of the molecule is CC(C)(C)c1ccc(OC(CN)C(F)(F)F)cc1. The van der Waals surface area contributed by atoms with Gasteiger partial charge in [0.2, 0.25) is 6.10 Å². The van der Waals surface area contributed by atoms with Gasteiger partial charge in [0.05, 0.1) is 0 Å². The van der Waals surface area contributed by atoms with E-state index in [1.165, 1.54) is 12.1 Å². The van der Waals surface area contributed by atoms with Gasteiger partial charge in [-0.05, 0) is 23.1 Å². The number of halogens is 3. The first kappa shape index (κ1) is 14.8. The van der Waals surface area contributed by atoms with Gasteiger partial charge in [0, 0.05) is 6.54 Å². The molecule has 102 valence electrons. The van der Waals surface area contributed by atoms with Crippen LogP contribution in [0.25, 0.3) is 0 Å². The Hall–Kier alpha value is -1.23. The topological polar surface area (TPSA) is 35.2 Å². The molecule has 0 aliphatic heterocycles. The largest absolute Gasteiger partial charge is 0.480 e. The molecule has 0 saturated heterocycles. The molecule has 5 heteroatoms. The van der Waals surface area contributed by atoms with E-state index in [9.17, 15) is 13.2 Å². The normalized spacial score (nSPS) is 14.4. The lowest BCUT2D eigenvalue weighted by Crippen LogP contribution is -2.40. The third-order valence-corrected chi connectivity index (χ3v) is 2.58. The van der Waals surface area contributed by atoms with E-state index >= 15 is 0 Å². The van der Waals surface area contributed by atoms with Crippen LogP contribution in [0.5, 0.6) is 5.75 Å². The first-order chi connectivity index (χ1) is 8.14. The Morgan fingerprint density at radius 3 is 1.94 bits per heavy atom. The van der Waals surface area contributed by atoms with Gasteiger partial charge >= 0.3 is 6.18 Å². The molecule has 2 N–H and O–H groups in total. The third kappa shape index (κ3) is 3.91. The standard InChI is InChI=1S/C13H18F3NO/c1-12(2,3)9-4-6-10(7-5-9)18-11(8-17)13(14,15)16/h4-7,11H,8,17H2,1-3H3. The van der Waals surface area contributed by atoms with Crippen molar-refractivity contribution in [2.24, 2.45) is 5.73 Å². The van der Waals surface area contributed by atoms with E-state index in [2.05, 4.69) is 0 Å². The Labute approximate surface area is 105 Å². The first-order valence-electron chi connectivity index (χ1n) is 5.68. The summed E-state index contributed by atoms with van der Waals surface area (Å²) in [5, 5.41) is 0. The fraction of sp³-hybridized carbons (Fsp3) is 0.538. The highest BCUT2D eigenvalue weighted by Crippen LogP contribution is 2.27. The molecule has 2 nitrogen and oxygen atoms in total. The van der Waals surface area contributed by atoms with Crippen LogP contribution in [0, 0.1) is 0 Å². The average molecular weight is 261 g/mol. The number of benzene rings is 1. The van der Waals surface area contributed by atoms with E-state index in [0.29, 0.717) is 0 Å². The minimum absolute atomic E-state index is 0.0458. The lowest BCUT2D eigenvalue weighted by Gasteiger charge is -2.22. The Bertz CT molecular complexity index is 379. The summed E-state index contributed by atoms with van der Waals surface area (Å²) < 4.78 is 42.3. The van der Waals surface area contributed by atoms with Crippen molar-refractivity contribution in [3.8, 4) is 5.75 Å². The van der Waals surface area contributed by atoms with Crippen LogP contribution in [-0.4, -0.2) is 18.8 Å². The fourth-order valence-electron chi connectivity index (χ4n) is 1.45. The highest BCUT2D eigenvalue weighted by molar-refractivity contribution is 5.31. The zero-order chi connectivity index (χ0) is 14.0. The smallest absolute Gasteiger partial charge is 0.426 e. The van der Waals surface area contributed by atoms with Crippen LogP contribution < -0.4 is 10.5 Å². The van der Waals surface area contributed by atoms with Crippen LogP contribution in [0.3, 0.4) is 0 Å². The molecule has 0 amide bonds. The molecule has 1 atom stereocenters. The van der Waals surface area contributed by atoms with Gasteiger partial charge in [0.1, 0.15) is 5.75 Å². The number of rotatable bonds is 3. The molecule has 0 aliphatic carbocycles. The van der Waals surface area contributed by atoms with Crippen molar-refractivity contribution in [3.05, 3.63) is 29.8 Å². The molecule has 18 heavy (non-hydrogen) atoms. The second-order valence-corrected chi connectivity index (χ2v) is 5.16. The predicted molar refractivity (Wildman–Crippen MR) is 64.7 cm³/mol. The Balaban J connectivity index is 2.81. The molecule has 0 fully saturated rings. The summed E-state index contributed by atoms with van der Waals surface area (Å²) >= 11 is 0. The highest BCUT2D eigenvalue weighted by atomic mass is 19.4. The van der Waals surface area contributed by atoms with Crippen LogP contribution in [0.1, 0.15) is 26.3 Å². The maximum Gasteiger partial charge on any atom is 0.426 e. The number of hydrogen-bond acceptors (Lipinski definition) is 2. The van der Waals surface area contributed by atoms with Gasteiger partial charge in [-0.15, -0.1) is 0 Å². The van der Waals surface area contributed by atoms with E-state index in [4.69, 9.17) is 10.5 Å². The maximum absolute atomic E-state index is 12.5. The van der Waals surface area contributed by atoms with Crippen molar-refractivity contribution in [1.82, 2.24) is 0 Å². The van der Waals surface area contributed by atoms with Crippen LogP contribution >= 0.6 is 0 Å². The van der Waals surface area contributed by atoms with E-state index in [1.54, 1.807) is 12.1 Å². The van der Waals surface area contributed by atoms with Crippen molar-refractivity contribution in [3.63, 3.8) is 0 Å². The molecule has 0 radical (unpaired) electrons. The fourth-order valence-corrected chi connectivity index (χ4v) is 1.45. The summed E-state index contributed by atoms with van der Waals surface area (Å²) in [7, 11) is 0.